The van der Waals surface area contributed by atoms with Gasteiger partial charge in [-0.3, -0.25) is 4.79 Å². The molecule has 4 nitrogen and oxygen atoms in total. The third-order valence-corrected chi connectivity index (χ3v) is 3.08. The predicted octanol–water partition coefficient (Wildman–Crippen LogP) is 1.87. The predicted molar refractivity (Wildman–Crippen MR) is 64.8 cm³/mol. The van der Waals surface area contributed by atoms with Gasteiger partial charge in [-0.2, -0.15) is 0 Å². The molecule has 0 saturated carbocycles. The average Bonchev–Trinajstić information content (AvgIpc) is 2.41. The largest absolute Gasteiger partial charge is 0.459 e. The number of ketones is 1. The Morgan fingerprint density at radius 2 is 2.11 bits per heavy atom. The molecule has 0 bridgehead atoms. The fraction of sp³-hybridized carbons (Fsp3) is 0.429. The Bertz CT molecular complexity index is 428. The van der Waals surface area contributed by atoms with Crippen molar-refractivity contribution in [1.82, 2.24) is 0 Å². The molecule has 2 rings (SSSR count). The van der Waals surface area contributed by atoms with E-state index in [1.807, 2.05) is 30.3 Å². The molecule has 1 heterocycles. The van der Waals surface area contributed by atoms with Gasteiger partial charge < -0.3 is 9.47 Å². The molecule has 18 heavy (non-hydrogen) atoms. The van der Waals surface area contributed by atoms with Crippen LogP contribution in [0.2, 0.25) is 0 Å². The summed E-state index contributed by atoms with van der Waals surface area (Å²) in [5.74, 6) is -0.373. The Labute approximate surface area is 106 Å². The second-order valence-electron chi connectivity index (χ2n) is 4.62. The molecule has 0 radical (unpaired) electrons. The molecule has 1 aromatic rings. The fourth-order valence-corrected chi connectivity index (χ4v) is 1.80. The minimum absolute atomic E-state index is 0.00304. The van der Waals surface area contributed by atoms with Crippen LogP contribution in [0, 0.1) is 0 Å². The molecule has 0 spiro atoms. The SMILES string of the molecule is C[C@]1(C(=O)OCc2ccccc2)CCC(=O)CO1. The molecular formula is C14H16O4. The number of rotatable bonds is 3. The molecular weight excluding hydrogens is 232 g/mol. The van der Waals surface area contributed by atoms with Crippen molar-refractivity contribution in [1.29, 1.82) is 0 Å². The fourth-order valence-electron chi connectivity index (χ4n) is 1.80. The van der Waals surface area contributed by atoms with Gasteiger partial charge in [0.2, 0.25) is 0 Å². The highest BCUT2D eigenvalue weighted by molar-refractivity contribution is 5.85. The molecule has 1 aromatic carbocycles. The Hall–Kier alpha value is -1.68. The quantitative estimate of drug-likeness (QED) is 0.766. The van der Waals surface area contributed by atoms with Crippen LogP contribution < -0.4 is 0 Å². The lowest BCUT2D eigenvalue weighted by molar-refractivity contribution is -0.178. The first-order valence-electron chi connectivity index (χ1n) is 5.97. The van der Waals surface area contributed by atoms with E-state index < -0.39 is 11.6 Å². The molecule has 0 amide bonds. The molecule has 96 valence electrons. The molecule has 1 fully saturated rings. The average molecular weight is 248 g/mol. The lowest BCUT2D eigenvalue weighted by atomic mass is 9.95. The standard InChI is InChI=1S/C14H16O4/c1-14(8-7-12(15)10-18-14)13(16)17-9-11-5-3-2-4-6-11/h2-6H,7-10H2,1H3/t14-/m1/s1. The van der Waals surface area contributed by atoms with Crippen LogP contribution in [0.25, 0.3) is 0 Å². The van der Waals surface area contributed by atoms with Crippen molar-refractivity contribution in [2.24, 2.45) is 0 Å². The zero-order valence-corrected chi connectivity index (χ0v) is 10.3. The van der Waals surface area contributed by atoms with Gasteiger partial charge in [0.15, 0.2) is 11.4 Å². The van der Waals surface area contributed by atoms with Gasteiger partial charge in [0.05, 0.1) is 0 Å². The van der Waals surface area contributed by atoms with Crippen LogP contribution in [0.1, 0.15) is 25.3 Å². The van der Waals surface area contributed by atoms with Gasteiger partial charge in [-0.15, -0.1) is 0 Å². The van der Waals surface area contributed by atoms with Crippen LogP contribution in [0.15, 0.2) is 30.3 Å². The molecule has 1 saturated heterocycles. The molecule has 0 unspecified atom stereocenters. The summed E-state index contributed by atoms with van der Waals surface area (Å²) in [6, 6.07) is 9.46. The van der Waals surface area contributed by atoms with E-state index in [1.165, 1.54) is 0 Å². The van der Waals surface area contributed by atoms with Crippen LogP contribution in [0.5, 0.6) is 0 Å². The van der Waals surface area contributed by atoms with Crippen LogP contribution in [-0.2, 0) is 25.7 Å². The van der Waals surface area contributed by atoms with Gasteiger partial charge >= 0.3 is 5.97 Å². The summed E-state index contributed by atoms with van der Waals surface area (Å²) < 4.78 is 10.5. The minimum atomic E-state index is -0.983. The van der Waals surface area contributed by atoms with Gasteiger partial charge in [0, 0.05) is 6.42 Å². The van der Waals surface area contributed by atoms with E-state index in [4.69, 9.17) is 9.47 Å². The molecule has 1 aliphatic heterocycles. The summed E-state index contributed by atoms with van der Waals surface area (Å²) in [4.78, 5) is 23.0. The zero-order valence-electron chi connectivity index (χ0n) is 10.3. The van der Waals surface area contributed by atoms with Crippen LogP contribution in [-0.4, -0.2) is 24.0 Å². The van der Waals surface area contributed by atoms with Crippen LogP contribution >= 0.6 is 0 Å². The number of ether oxygens (including phenoxy) is 2. The van der Waals surface area contributed by atoms with Crippen molar-refractivity contribution in [2.45, 2.75) is 32.0 Å². The summed E-state index contributed by atoms with van der Waals surface area (Å²) in [6.07, 6.45) is 0.760. The smallest absolute Gasteiger partial charge is 0.338 e. The molecule has 1 aliphatic rings. The normalized spacial score (nSPS) is 23.7. The molecule has 4 heteroatoms. The summed E-state index contributed by atoms with van der Waals surface area (Å²) in [7, 11) is 0. The van der Waals surface area contributed by atoms with E-state index >= 15 is 0 Å². The van der Waals surface area contributed by atoms with E-state index in [2.05, 4.69) is 0 Å². The number of carbonyl (C=O) groups excluding carboxylic acids is 2. The number of hydrogen-bond acceptors (Lipinski definition) is 4. The second-order valence-corrected chi connectivity index (χ2v) is 4.62. The van der Waals surface area contributed by atoms with E-state index in [0.29, 0.717) is 12.8 Å². The van der Waals surface area contributed by atoms with Gasteiger partial charge in [0.1, 0.15) is 13.2 Å². The number of Topliss-reactive ketones (excluding diaryl/α,β-unsaturated/α-hetero) is 1. The van der Waals surface area contributed by atoms with E-state index in [1.54, 1.807) is 6.92 Å². The topological polar surface area (TPSA) is 52.6 Å². The van der Waals surface area contributed by atoms with Crippen molar-refractivity contribution in [3.05, 3.63) is 35.9 Å². The van der Waals surface area contributed by atoms with E-state index in [-0.39, 0.29) is 19.0 Å². The van der Waals surface area contributed by atoms with E-state index in [0.717, 1.165) is 5.56 Å². The zero-order chi connectivity index (χ0) is 13.0. The van der Waals surface area contributed by atoms with Crippen molar-refractivity contribution in [2.75, 3.05) is 6.61 Å². The van der Waals surface area contributed by atoms with Gasteiger partial charge in [-0.25, -0.2) is 4.79 Å². The highest BCUT2D eigenvalue weighted by atomic mass is 16.6. The van der Waals surface area contributed by atoms with Gasteiger partial charge in [-0.1, -0.05) is 30.3 Å². The van der Waals surface area contributed by atoms with Crippen molar-refractivity contribution in [3.63, 3.8) is 0 Å². The summed E-state index contributed by atoms with van der Waals surface area (Å²) in [6.45, 7) is 1.90. The second kappa shape index (κ2) is 5.31. The third-order valence-electron chi connectivity index (χ3n) is 3.08. The highest BCUT2D eigenvalue weighted by Gasteiger charge is 2.39. The van der Waals surface area contributed by atoms with Gasteiger partial charge in [-0.05, 0) is 18.9 Å². The number of hydrogen-bond donors (Lipinski definition) is 0. The molecule has 0 aliphatic carbocycles. The lowest BCUT2D eigenvalue weighted by Crippen LogP contribution is -2.44. The van der Waals surface area contributed by atoms with Crippen LogP contribution in [0.4, 0.5) is 0 Å². The van der Waals surface area contributed by atoms with Crippen molar-refractivity contribution >= 4 is 11.8 Å². The highest BCUT2D eigenvalue weighted by Crippen LogP contribution is 2.24. The summed E-state index contributed by atoms with van der Waals surface area (Å²) in [5, 5.41) is 0. The van der Waals surface area contributed by atoms with E-state index in [9.17, 15) is 9.59 Å². The Morgan fingerprint density at radius 1 is 1.39 bits per heavy atom. The number of benzene rings is 1. The molecule has 0 aromatic heterocycles. The van der Waals surface area contributed by atoms with Crippen LogP contribution in [0.3, 0.4) is 0 Å². The monoisotopic (exact) mass is 248 g/mol. The first-order chi connectivity index (χ1) is 8.60. The number of esters is 1. The molecule has 1 atom stereocenters. The lowest BCUT2D eigenvalue weighted by Gasteiger charge is -2.30. The maximum absolute atomic E-state index is 11.9. The van der Waals surface area contributed by atoms with Crippen molar-refractivity contribution < 1.29 is 19.1 Å². The summed E-state index contributed by atoms with van der Waals surface area (Å²) in [5.41, 5.74) is -0.0516. The number of carbonyl (C=O) groups is 2. The Balaban J connectivity index is 1.90. The Kier molecular flexibility index (Phi) is 3.77. The third kappa shape index (κ3) is 2.96. The first-order valence-corrected chi connectivity index (χ1v) is 5.97. The maximum atomic E-state index is 11.9. The minimum Gasteiger partial charge on any atom is -0.459 e. The van der Waals surface area contributed by atoms with Crippen molar-refractivity contribution in [3.8, 4) is 0 Å². The maximum Gasteiger partial charge on any atom is 0.338 e. The first kappa shape index (κ1) is 12.8. The molecule has 0 N–H and O–H groups in total. The Morgan fingerprint density at radius 3 is 2.72 bits per heavy atom. The summed E-state index contributed by atoms with van der Waals surface area (Å²) >= 11 is 0. The van der Waals surface area contributed by atoms with Gasteiger partial charge in [0.25, 0.3) is 0 Å².